The monoisotopic (exact) mass is 249 g/mol. The van der Waals surface area contributed by atoms with Crippen LogP contribution in [-0.2, 0) is 0 Å². The molecule has 1 heterocycles. The largest absolute Gasteiger partial charge is 0.396 e. The summed E-state index contributed by atoms with van der Waals surface area (Å²) in [7, 11) is 0. The number of carbonyl (C=O) groups is 1. The van der Waals surface area contributed by atoms with Gasteiger partial charge in [0, 0.05) is 18.7 Å². The Balaban J connectivity index is 2.13. The number of aliphatic hydroxyl groups excluding tert-OH is 2. The van der Waals surface area contributed by atoms with Gasteiger partial charge in [-0.2, -0.15) is 0 Å². The molecule has 2 rings (SSSR count). The summed E-state index contributed by atoms with van der Waals surface area (Å²) in [4.78, 5) is 14.0. The molecule has 0 atom stereocenters. The zero-order valence-electron chi connectivity index (χ0n) is 10.8. The van der Waals surface area contributed by atoms with Crippen molar-refractivity contribution in [3.8, 4) is 0 Å². The van der Waals surface area contributed by atoms with Gasteiger partial charge in [-0.3, -0.25) is 4.79 Å². The van der Waals surface area contributed by atoms with E-state index in [1.165, 1.54) is 0 Å². The van der Waals surface area contributed by atoms with Gasteiger partial charge in [0.25, 0.3) is 5.91 Å². The molecule has 1 fully saturated rings. The highest BCUT2D eigenvalue weighted by molar-refractivity contribution is 5.96. The fourth-order valence-corrected chi connectivity index (χ4v) is 2.31. The smallest absolute Gasteiger partial charge is 0.254 e. The fourth-order valence-electron chi connectivity index (χ4n) is 2.31. The topological polar surface area (TPSA) is 60.8 Å². The van der Waals surface area contributed by atoms with Crippen molar-refractivity contribution >= 4 is 5.91 Å². The van der Waals surface area contributed by atoms with Crippen molar-refractivity contribution < 1.29 is 15.0 Å². The molecule has 0 spiro atoms. The van der Waals surface area contributed by atoms with Crippen LogP contribution < -0.4 is 0 Å². The average molecular weight is 249 g/mol. The second kappa shape index (κ2) is 4.71. The van der Waals surface area contributed by atoms with E-state index in [9.17, 15) is 15.0 Å². The predicted molar refractivity (Wildman–Crippen MR) is 68.4 cm³/mol. The van der Waals surface area contributed by atoms with Gasteiger partial charge in [-0.1, -0.05) is 12.1 Å². The van der Waals surface area contributed by atoms with Crippen molar-refractivity contribution in [2.75, 3.05) is 26.3 Å². The van der Waals surface area contributed by atoms with Crippen LogP contribution in [0.4, 0.5) is 0 Å². The molecule has 4 heteroatoms. The number of amides is 1. The second-order valence-electron chi connectivity index (χ2n) is 5.22. The number of aliphatic hydroxyl groups is 2. The van der Waals surface area contributed by atoms with Crippen LogP contribution in [0.25, 0.3) is 0 Å². The third-order valence-corrected chi connectivity index (χ3v) is 3.85. The number of rotatable bonds is 3. The number of hydrogen-bond acceptors (Lipinski definition) is 3. The summed E-state index contributed by atoms with van der Waals surface area (Å²) in [5.74, 6) is -0.0197. The number of benzene rings is 1. The summed E-state index contributed by atoms with van der Waals surface area (Å²) in [5, 5.41) is 18.4. The third kappa shape index (κ3) is 2.02. The number of aryl methyl sites for hydroxylation is 1. The molecule has 1 aromatic rings. The van der Waals surface area contributed by atoms with Crippen LogP contribution in [0.5, 0.6) is 0 Å². The van der Waals surface area contributed by atoms with E-state index in [0.29, 0.717) is 18.7 Å². The molecule has 98 valence electrons. The van der Waals surface area contributed by atoms with Gasteiger partial charge in [-0.05, 0) is 31.0 Å². The van der Waals surface area contributed by atoms with Crippen molar-refractivity contribution in [1.82, 2.24) is 4.90 Å². The molecule has 1 saturated heterocycles. The Morgan fingerprint density at radius 1 is 1.28 bits per heavy atom. The van der Waals surface area contributed by atoms with Gasteiger partial charge in [0.15, 0.2) is 0 Å². The Bertz CT molecular complexity index is 458. The maximum Gasteiger partial charge on any atom is 0.254 e. The van der Waals surface area contributed by atoms with Crippen molar-refractivity contribution in [3.63, 3.8) is 0 Å². The molecule has 18 heavy (non-hydrogen) atoms. The van der Waals surface area contributed by atoms with Crippen molar-refractivity contribution in [2.24, 2.45) is 5.41 Å². The highest BCUT2D eigenvalue weighted by atomic mass is 16.3. The first-order valence-electron chi connectivity index (χ1n) is 6.10. The Hall–Kier alpha value is -1.39. The number of nitrogens with zero attached hydrogens (tertiary/aromatic N) is 1. The van der Waals surface area contributed by atoms with Crippen molar-refractivity contribution in [1.29, 1.82) is 0 Å². The minimum absolute atomic E-state index is 0.0197. The first-order valence-corrected chi connectivity index (χ1v) is 6.10. The zero-order chi connectivity index (χ0) is 13.3. The Kier molecular flexibility index (Phi) is 3.41. The first kappa shape index (κ1) is 13.1. The fraction of sp³-hybridized carbons (Fsp3) is 0.500. The SMILES string of the molecule is Cc1cccc(C(=O)N2CC(CO)(CO)C2)c1C. The summed E-state index contributed by atoms with van der Waals surface area (Å²) >= 11 is 0. The normalized spacial score (nSPS) is 17.4. The molecule has 1 amide bonds. The maximum atomic E-state index is 12.3. The van der Waals surface area contributed by atoms with Crippen LogP contribution in [0.3, 0.4) is 0 Å². The van der Waals surface area contributed by atoms with E-state index in [-0.39, 0.29) is 19.1 Å². The van der Waals surface area contributed by atoms with E-state index in [2.05, 4.69) is 0 Å². The number of carbonyl (C=O) groups excluding carboxylic acids is 1. The minimum Gasteiger partial charge on any atom is -0.396 e. The lowest BCUT2D eigenvalue weighted by atomic mass is 9.81. The summed E-state index contributed by atoms with van der Waals surface area (Å²) < 4.78 is 0. The molecule has 1 aliphatic rings. The van der Waals surface area contributed by atoms with Crippen molar-refractivity contribution in [3.05, 3.63) is 34.9 Å². The molecule has 0 radical (unpaired) electrons. The van der Waals surface area contributed by atoms with E-state index < -0.39 is 5.41 Å². The van der Waals surface area contributed by atoms with Crippen LogP contribution >= 0.6 is 0 Å². The average Bonchev–Trinajstić information content (AvgIpc) is 2.32. The van der Waals surface area contributed by atoms with E-state index in [4.69, 9.17) is 0 Å². The van der Waals surface area contributed by atoms with E-state index in [0.717, 1.165) is 11.1 Å². The second-order valence-corrected chi connectivity index (χ2v) is 5.22. The molecule has 0 unspecified atom stereocenters. The van der Waals surface area contributed by atoms with Crippen LogP contribution in [-0.4, -0.2) is 47.3 Å². The van der Waals surface area contributed by atoms with E-state index in [1.54, 1.807) is 4.90 Å². The lowest BCUT2D eigenvalue weighted by Gasteiger charge is -2.48. The van der Waals surface area contributed by atoms with E-state index in [1.807, 2.05) is 32.0 Å². The molecule has 2 N–H and O–H groups in total. The zero-order valence-corrected chi connectivity index (χ0v) is 10.8. The molecule has 4 nitrogen and oxygen atoms in total. The number of likely N-dealkylation sites (tertiary alicyclic amines) is 1. The standard InChI is InChI=1S/C14H19NO3/c1-10-4-3-5-12(11(10)2)13(18)15-6-14(7-15,8-16)9-17/h3-5,16-17H,6-9H2,1-2H3. The van der Waals surface area contributed by atoms with Crippen LogP contribution in [0.2, 0.25) is 0 Å². The van der Waals surface area contributed by atoms with Gasteiger partial charge >= 0.3 is 0 Å². The van der Waals surface area contributed by atoms with Gasteiger partial charge in [0.2, 0.25) is 0 Å². The summed E-state index contributed by atoms with van der Waals surface area (Å²) in [6.45, 7) is 4.60. The molecule has 0 aliphatic carbocycles. The van der Waals surface area contributed by atoms with Crippen LogP contribution in [0.1, 0.15) is 21.5 Å². The molecule has 1 aromatic carbocycles. The lowest BCUT2D eigenvalue weighted by Crippen LogP contribution is -2.62. The maximum absolute atomic E-state index is 12.3. The van der Waals surface area contributed by atoms with Crippen LogP contribution in [0.15, 0.2) is 18.2 Å². The minimum atomic E-state index is -0.507. The first-order chi connectivity index (χ1) is 8.53. The van der Waals surface area contributed by atoms with Crippen LogP contribution in [0, 0.1) is 19.3 Å². The molecule has 0 saturated carbocycles. The quantitative estimate of drug-likeness (QED) is 0.830. The lowest BCUT2D eigenvalue weighted by molar-refractivity contribution is -0.0589. The van der Waals surface area contributed by atoms with Gasteiger partial charge in [0.1, 0.15) is 0 Å². The summed E-state index contributed by atoms with van der Waals surface area (Å²) in [6, 6.07) is 5.68. The summed E-state index contributed by atoms with van der Waals surface area (Å²) in [6.07, 6.45) is 0. The van der Waals surface area contributed by atoms with Gasteiger partial charge in [0.05, 0.1) is 18.6 Å². The van der Waals surface area contributed by atoms with Gasteiger partial charge in [-0.25, -0.2) is 0 Å². The Morgan fingerprint density at radius 2 is 1.89 bits per heavy atom. The number of hydrogen-bond donors (Lipinski definition) is 2. The predicted octanol–water partition coefficient (Wildman–Crippen LogP) is 0.730. The van der Waals surface area contributed by atoms with Gasteiger partial charge in [-0.15, -0.1) is 0 Å². The van der Waals surface area contributed by atoms with Gasteiger partial charge < -0.3 is 15.1 Å². The Morgan fingerprint density at radius 3 is 2.44 bits per heavy atom. The summed E-state index contributed by atoms with van der Waals surface area (Å²) in [5.41, 5.74) is 2.29. The molecule has 0 bridgehead atoms. The molecule has 1 aliphatic heterocycles. The molecule has 0 aromatic heterocycles. The highest BCUT2D eigenvalue weighted by Gasteiger charge is 2.44. The van der Waals surface area contributed by atoms with Crippen molar-refractivity contribution in [2.45, 2.75) is 13.8 Å². The highest BCUT2D eigenvalue weighted by Crippen LogP contribution is 2.31. The molecular weight excluding hydrogens is 230 g/mol. The molecular formula is C14H19NO3. The Labute approximate surface area is 107 Å². The van der Waals surface area contributed by atoms with E-state index >= 15 is 0 Å². The third-order valence-electron chi connectivity index (χ3n) is 3.85.